The van der Waals surface area contributed by atoms with Crippen LogP contribution in [0, 0.1) is 11.4 Å². The summed E-state index contributed by atoms with van der Waals surface area (Å²) in [5.41, 5.74) is 0.241. The molecule has 0 aliphatic carbocycles. The van der Waals surface area contributed by atoms with Crippen LogP contribution in [0.2, 0.25) is 0 Å². The van der Waals surface area contributed by atoms with Crippen molar-refractivity contribution in [3.05, 3.63) is 29.8 Å². The Bertz CT molecular complexity index is 359. The lowest BCUT2D eigenvalue weighted by atomic mass is 9.78. The fourth-order valence-electron chi connectivity index (χ4n) is 2.03. The Morgan fingerprint density at radius 3 is 3.00 bits per heavy atom. The first-order valence-electron chi connectivity index (χ1n) is 5.12. The van der Waals surface area contributed by atoms with E-state index in [1.807, 2.05) is 0 Å². The van der Waals surface area contributed by atoms with Gasteiger partial charge in [0.1, 0.15) is 0 Å². The molecule has 1 unspecified atom stereocenters. The van der Waals surface area contributed by atoms with Crippen molar-refractivity contribution in [1.82, 2.24) is 10.3 Å². The van der Waals surface area contributed by atoms with Crippen molar-refractivity contribution < 1.29 is 4.39 Å². The lowest BCUT2D eigenvalue weighted by Crippen LogP contribution is -2.45. The van der Waals surface area contributed by atoms with Crippen LogP contribution in [0.1, 0.15) is 18.5 Å². The van der Waals surface area contributed by atoms with Crippen LogP contribution in [-0.2, 0) is 5.41 Å². The van der Waals surface area contributed by atoms with Crippen LogP contribution in [0.25, 0.3) is 0 Å². The zero-order valence-corrected chi connectivity index (χ0v) is 8.46. The van der Waals surface area contributed by atoms with Crippen molar-refractivity contribution >= 4 is 6.21 Å². The Labute approximate surface area is 88.2 Å². The zero-order valence-electron chi connectivity index (χ0n) is 8.46. The fourth-order valence-corrected chi connectivity index (χ4v) is 2.03. The molecule has 3 nitrogen and oxygen atoms in total. The maximum Gasteiger partial charge on any atom is 0.213 e. The molecule has 0 spiro atoms. The van der Waals surface area contributed by atoms with Crippen LogP contribution in [0.4, 0.5) is 4.39 Å². The molecule has 0 saturated carbocycles. The molecule has 1 aromatic heterocycles. The van der Waals surface area contributed by atoms with Gasteiger partial charge in [0.05, 0.1) is 11.1 Å². The summed E-state index contributed by atoms with van der Waals surface area (Å²) in [5.74, 6) is -0.473. The summed E-state index contributed by atoms with van der Waals surface area (Å²) >= 11 is 0. The van der Waals surface area contributed by atoms with E-state index < -0.39 is 11.4 Å². The molecular weight excluding hydrogens is 193 g/mol. The number of piperidine rings is 1. The van der Waals surface area contributed by atoms with Gasteiger partial charge in [0, 0.05) is 12.8 Å². The van der Waals surface area contributed by atoms with Gasteiger partial charge in [-0.05, 0) is 31.5 Å². The molecular formula is C11H14FN3. The molecule has 1 aliphatic heterocycles. The molecule has 0 bridgehead atoms. The van der Waals surface area contributed by atoms with Gasteiger partial charge in [0.15, 0.2) is 0 Å². The smallest absolute Gasteiger partial charge is 0.213 e. The summed E-state index contributed by atoms with van der Waals surface area (Å²) in [6.07, 6.45) is 3.24. The van der Waals surface area contributed by atoms with E-state index in [0.29, 0.717) is 12.2 Å². The molecule has 15 heavy (non-hydrogen) atoms. The molecule has 1 atom stereocenters. The summed E-state index contributed by atoms with van der Waals surface area (Å²) in [4.78, 5) is 3.88. The lowest BCUT2D eigenvalue weighted by molar-refractivity contribution is 0.392. The van der Waals surface area contributed by atoms with Crippen molar-refractivity contribution in [1.29, 1.82) is 5.41 Å². The van der Waals surface area contributed by atoms with Crippen LogP contribution in [-0.4, -0.2) is 24.3 Å². The van der Waals surface area contributed by atoms with Crippen LogP contribution in [0.15, 0.2) is 18.2 Å². The number of hydrogen-bond donors (Lipinski definition) is 2. The first kappa shape index (κ1) is 10.2. The van der Waals surface area contributed by atoms with E-state index in [-0.39, 0.29) is 0 Å². The third-order valence-corrected chi connectivity index (χ3v) is 2.92. The highest BCUT2D eigenvalue weighted by Crippen LogP contribution is 2.27. The largest absolute Gasteiger partial charge is 0.315 e. The van der Waals surface area contributed by atoms with Crippen molar-refractivity contribution in [2.24, 2.45) is 0 Å². The summed E-state index contributed by atoms with van der Waals surface area (Å²) in [5, 5.41) is 10.8. The minimum absolute atomic E-state index is 0.416. The third-order valence-electron chi connectivity index (χ3n) is 2.92. The normalized spacial score (nSPS) is 26.2. The van der Waals surface area contributed by atoms with Crippen LogP contribution in [0.3, 0.4) is 0 Å². The molecule has 1 aromatic rings. The monoisotopic (exact) mass is 207 g/mol. The highest BCUT2D eigenvalue weighted by Gasteiger charge is 2.33. The maximum absolute atomic E-state index is 13.0. The van der Waals surface area contributed by atoms with E-state index in [9.17, 15) is 4.39 Å². The second-order valence-corrected chi connectivity index (χ2v) is 3.93. The number of rotatable bonds is 2. The Hall–Kier alpha value is -1.29. The summed E-state index contributed by atoms with van der Waals surface area (Å²) < 4.78 is 13.0. The van der Waals surface area contributed by atoms with Gasteiger partial charge in [-0.2, -0.15) is 4.39 Å². The molecule has 80 valence electrons. The predicted octanol–water partition coefficient (Wildman–Crippen LogP) is 1.49. The number of nitrogens with one attached hydrogen (secondary N) is 2. The van der Waals surface area contributed by atoms with Gasteiger partial charge >= 0.3 is 0 Å². The highest BCUT2D eigenvalue weighted by molar-refractivity contribution is 5.70. The number of aromatic nitrogens is 1. The molecule has 4 heteroatoms. The lowest BCUT2D eigenvalue weighted by Gasteiger charge is -2.33. The fraction of sp³-hybridized carbons (Fsp3) is 0.455. The summed E-state index contributed by atoms with van der Waals surface area (Å²) in [6.45, 7) is 1.64. The maximum atomic E-state index is 13.0. The van der Waals surface area contributed by atoms with E-state index in [0.717, 1.165) is 19.4 Å². The molecule has 2 heterocycles. The van der Waals surface area contributed by atoms with E-state index in [2.05, 4.69) is 10.3 Å². The second-order valence-electron chi connectivity index (χ2n) is 3.93. The number of hydrogen-bond acceptors (Lipinski definition) is 3. The van der Waals surface area contributed by atoms with Gasteiger partial charge < -0.3 is 10.7 Å². The van der Waals surface area contributed by atoms with Crippen LogP contribution >= 0.6 is 0 Å². The average molecular weight is 207 g/mol. The molecule has 1 fully saturated rings. The average Bonchev–Trinajstić information content (AvgIpc) is 2.30. The molecule has 1 saturated heterocycles. The predicted molar refractivity (Wildman–Crippen MR) is 56.8 cm³/mol. The Morgan fingerprint density at radius 2 is 2.40 bits per heavy atom. The Kier molecular flexibility index (Phi) is 2.77. The third kappa shape index (κ3) is 1.90. The first-order chi connectivity index (χ1) is 7.27. The van der Waals surface area contributed by atoms with Crippen molar-refractivity contribution in [2.75, 3.05) is 13.1 Å². The summed E-state index contributed by atoms with van der Waals surface area (Å²) in [7, 11) is 0. The quantitative estimate of drug-likeness (QED) is 0.570. The molecule has 0 aromatic carbocycles. The molecule has 0 amide bonds. The van der Waals surface area contributed by atoms with E-state index >= 15 is 0 Å². The Morgan fingerprint density at radius 1 is 1.53 bits per heavy atom. The molecule has 1 aliphatic rings. The standard InChI is InChI=1S/C11H14FN3/c12-10-4-1-3-9(15-10)11(7-13)5-2-6-14-8-11/h1,3-4,7,13-14H,2,5-6,8H2. The van der Waals surface area contributed by atoms with Gasteiger partial charge in [-0.15, -0.1) is 0 Å². The minimum atomic E-state index is -0.473. The van der Waals surface area contributed by atoms with E-state index in [1.165, 1.54) is 12.3 Å². The van der Waals surface area contributed by atoms with E-state index in [1.54, 1.807) is 12.1 Å². The van der Waals surface area contributed by atoms with Gasteiger partial charge in [-0.25, -0.2) is 4.98 Å². The van der Waals surface area contributed by atoms with Gasteiger partial charge in [0.2, 0.25) is 5.95 Å². The van der Waals surface area contributed by atoms with Gasteiger partial charge in [-0.3, -0.25) is 0 Å². The number of halogens is 1. The van der Waals surface area contributed by atoms with Crippen LogP contribution in [0.5, 0.6) is 0 Å². The van der Waals surface area contributed by atoms with Gasteiger partial charge in [0.25, 0.3) is 0 Å². The number of nitrogens with zero attached hydrogens (tertiary/aromatic N) is 1. The SMILES string of the molecule is N=CC1(c2cccc(F)n2)CCCNC1. The van der Waals surface area contributed by atoms with Crippen molar-refractivity contribution in [2.45, 2.75) is 18.3 Å². The van der Waals surface area contributed by atoms with Crippen molar-refractivity contribution in [3.8, 4) is 0 Å². The molecule has 0 radical (unpaired) electrons. The minimum Gasteiger partial charge on any atom is -0.315 e. The van der Waals surface area contributed by atoms with Crippen LogP contribution < -0.4 is 5.32 Å². The Balaban J connectivity index is 2.36. The summed E-state index contributed by atoms with van der Waals surface area (Å²) in [6, 6.07) is 4.77. The van der Waals surface area contributed by atoms with Gasteiger partial charge in [-0.1, -0.05) is 6.07 Å². The zero-order chi connectivity index (χ0) is 10.7. The first-order valence-corrected chi connectivity index (χ1v) is 5.12. The molecule has 2 N–H and O–H groups in total. The van der Waals surface area contributed by atoms with Crippen molar-refractivity contribution in [3.63, 3.8) is 0 Å². The highest BCUT2D eigenvalue weighted by atomic mass is 19.1. The molecule has 2 rings (SSSR count). The second kappa shape index (κ2) is 4.06. The topological polar surface area (TPSA) is 48.8 Å². The van der Waals surface area contributed by atoms with E-state index in [4.69, 9.17) is 5.41 Å². The number of pyridine rings is 1.